The highest BCUT2D eigenvalue weighted by Gasteiger charge is 2.27. The van der Waals surface area contributed by atoms with Crippen molar-refractivity contribution in [3.63, 3.8) is 0 Å². The number of benzene rings is 1. The zero-order valence-corrected chi connectivity index (χ0v) is 18.6. The molecule has 0 radical (unpaired) electrons. The second-order valence-electron chi connectivity index (χ2n) is 7.67. The average Bonchev–Trinajstić information content (AvgIpc) is 3.28. The van der Waals surface area contributed by atoms with Crippen LogP contribution >= 0.6 is 11.8 Å². The van der Waals surface area contributed by atoms with Gasteiger partial charge in [0.1, 0.15) is 10.6 Å². The predicted octanol–water partition coefficient (Wildman–Crippen LogP) is 1.93. The Morgan fingerprint density at radius 2 is 1.90 bits per heavy atom. The van der Waals surface area contributed by atoms with Gasteiger partial charge in [-0.05, 0) is 30.0 Å². The SMILES string of the molecule is O=C(NCCCN1CCc2ccccc2C1)c1cc(S(=O)(=O)N2CCSCC2)c[nH]1. The second-order valence-corrected chi connectivity index (χ2v) is 10.8. The van der Waals surface area contributed by atoms with Crippen LogP contribution in [0.4, 0.5) is 0 Å². The summed E-state index contributed by atoms with van der Waals surface area (Å²) in [6.45, 7) is 4.50. The zero-order chi connectivity index (χ0) is 21.0. The molecule has 0 unspecified atom stereocenters. The number of hydrogen-bond donors (Lipinski definition) is 2. The van der Waals surface area contributed by atoms with Crippen LogP contribution in [0.5, 0.6) is 0 Å². The maximum atomic E-state index is 12.7. The van der Waals surface area contributed by atoms with Crippen LogP contribution in [-0.2, 0) is 23.0 Å². The summed E-state index contributed by atoms with van der Waals surface area (Å²) in [6.07, 6.45) is 3.33. The molecule has 2 aromatic rings. The van der Waals surface area contributed by atoms with Gasteiger partial charge >= 0.3 is 0 Å². The Kier molecular flexibility index (Phi) is 6.82. The minimum atomic E-state index is -3.54. The number of carbonyl (C=O) groups is 1. The van der Waals surface area contributed by atoms with E-state index in [4.69, 9.17) is 0 Å². The summed E-state index contributed by atoms with van der Waals surface area (Å²) in [6, 6.07) is 9.99. The Bertz CT molecular complexity index is 984. The summed E-state index contributed by atoms with van der Waals surface area (Å²) in [5.41, 5.74) is 3.11. The number of nitrogens with one attached hydrogen (secondary N) is 2. The Balaban J connectivity index is 1.24. The Labute approximate surface area is 182 Å². The van der Waals surface area contributed by atoms with Gasteiger partial charge in [0.15, 0.2) is 0 Å². The van der Waals surface area contributed by atoms with Crippen molar-refractivity contribution in [3.8, 4) is 0 Å². The van der Waals surface area contributed by atoms with Crippen LogP contribution < -0.4 is 5.32 Å². The zero-order valence-electron chi connectivity index (χ0n) is 17.0. The number of fused-ring (bicyclic) bond motifs is 1. The van der Waals surface area contributed by atoms with Gasteiger partial charge in [0, 0.05) is 57.0 Å². The van der Waals surface area contributed by atoms with Crippen LogP contribution in [-0.4, -0.2) is 72.7 Å². The van der Waals surface area contributed by atoms with Gasteiger partial charge in [-0.1, -0.05) is 24.3 Å². The molecule has 0 atom stereocenters. The fraction of sp³-hybridized carbons (Fsp3) is 0.476. The number of rotatable bonds is 7. The minimum Gasteiger partial charge on any atom is -0.356 e. The molecule has 1 fully saturated rings. The summed E-state index contributed by atoms with van der Waals surface area (Å²) < 4.78 is 26.9. The first-order valence-electron chi connectivity index (χ1n) is 10.4. The molecular formula is C21H28N4O3S2. The highest BCUT2D eigenvalue weighted by atomic mass is 32.2. The maximum Gasteiger partial charge on any atom is 0.267 e. The molecule has 0 spiro atoms. The molecule has 1 aromatic carbocycles. The van der Waals surface area contributed by atoms with E-state index < -0.39 is 10.0 Å². The lowest BCUT2D eigenvalue weighted by Gasteiger charge is -2.28. The van der Waals surface area contributed by atoms with E-state index in [9.17, 15) is 13.2 Å². The first-order valence-corrected chi connectivity index (χ1v) is 13.0. The molecule has 7 nitrogen and oxygen atoms in total. The number of aromatic amines is 1. The van der Waals surface area contributed by atoms with E-state index in [0.717, 1.165) is 44.0 Å². The average molecular weight is 449 g/mol. The lowest BCUT2D eigenvalue weighted by Crippen LogP contribution is -2.37. The standard InChI is InChI=1S/C21H28N4O3S2/c26-21(20-14-19(15-23-20)30(27,28)25-10-12-29-13-11-25)22-7-3-8-24-9-6-17-4-1-2-5-18(17)16-24/h1-2,4-5,14-15,23H,3,6-13,16H2,(H,22,26). The summed E-state index contributed by atoms with van der Waals surface area (Å²) in [4.78, 5) is 17.8. The number of amides is 1. The number of thioether (sulfide) groups is 1. The molecule has 1 saturated heterocycles. The van der Waals surface area contributed by atoms with Crippen molar-refractivity contribution in [2.24, 2.45) is 0 Å². The van der Waals surface area contributed by atoms with Crippen molar-refractivity contribution < 1.29 is 13.2 Å². The van der Waals surface area contributed by atoms with Gasteiger partial charge in [-0.3, -0.25) is 9.69 Å². The third kappa shape index (κ3) is 4.91. The molecule has 1 amide bonds. The quantitative estimate of drug-likeness (QED) is 0.632. The van der Waals surface area contributed by atoms with Gasteiger partial charge < -0.3 is 10.3 Å². The number of hydrogen-bond acceptors (Lipinski definition) is 5. The van der Waals surface area contributed by atoms with Gasteiger partial charge in [-0.25, -0.2) is 8.42 Å². The lowest BCUT2D eigenvalue weighted by atomic mass is 10.00. The molecule has 0 bridgehead atoms. The highest BCUT2D eigenvalue weighted by molar-refractivity contribution is 7.99. The number of carbonyl (C=O) groups excluding carboxylic acids is 1. The molecule has 2 aliphatic heterocycles. The van der Waals surface area contributed by atoms with E-state index in [0.29, 0.717) is 19.6 Å². The Hall–Kier alpha value is -1.81. The van der Waals surface area contributed by atoms with Crippen molar-refractivity contribution in [3.05, 3.63) is 53.3 Å². The van der Waals surface area contributed by atoms with Gasteiger partial charge in [0.25, 0.3) is 5.91 Å². The van der Waals surface area contributed by atoms with Crippen LogP contribution in [0, 0.1) is 0 Å². The van der Waals surface area contributed by atoms with E-state index in [1.54, 1.807) is 11.8 Å². The molecular weight excluding hydrogens is 420 g/mol. The molecule has 2 N–H and O–H groups in total. The highest BCUT2D eigenvalue weighted by Crippen LogP contribution is 2.21. The van der Waals surface area contributed by atoms with Crippen molar-refractivity contribution in [1.29, 1.82) is 0 Å². The van der Waals surface area contributed by atoms with E-state index in [2.05, 4.69) is 39.5 Å². The molecule has 0 saturated carbocycles. The topological polar surface area (TPSA) is 85.5 Å². The van der Waals surface area contributed by atoms with Crippen LogP contribution in [0.3, 0.4) is 0 Å². The summed E-state index contributed by atoms with van der Waals surface area (Å²) in [7, 11) is -3.54. The number of aromatic nitrogens is 1. The van der Waals surface area contributed by atoms with Crippen LogP contribution in [0.25, 0.3) is 0 Å². The Morgan fingerprint density at radius 1 is 1.13 bits per heavy atom. The smallest absolute Gasteiger partial charge is 0.267 e. The van der Waals surface area contributed by atoms with Crippen molar-refractivity contribution in [1.82, 2.24) is 19.5 Å². The molecule has 4 rings (SSSR count). The van der Waals surface area contributed by atoms with Crippen LogP contribution in [0.1, 0.15) is 28.0 Å². The van der Waals surface area contributed by atoms with Gasteiger partial charge in [0.2, 0.25) is 10.0 Å². The van der Waals surface area contributed by atoms with Crippen LogP contribution in [0.2, 0.25) is 0 Å². The molecule has 2 aliphatic rings. The first-order chi connectivity index (χ1) is 14.5. The van der Waals surface area contributed by atoms with E-state index in [1.807, 2.05) is 0 Å². The van der Waals surface area contributed by atoms with Gasteiger partial charge in [-0.15, -0.1) is 0 Å². The van der Waals surface area contributed by atoms with E-state index in [-0.39, 0.29) is 16.5 Å². The molecule has 9 heteroatoms. The number of H-pyrrole nitrogens is 1. The molecule has 162 valence electrons. The fourth-order valence-corrected chi connectivity index (χ4v) is 6.51. The van der Waals surface area contributed by atoms with Crippen molar-refractivity contribution in [2.75, 3.05) is 44.2 Å². The van der Waals surface area contributed by atoms with Crippen molar-refractivity contribution in [2.45, 2.75) is 24.3 Å². The number of sulfonamides is 1. The normalized spacial score (nSPS) is 18.1. The molecule has 3 heterocycles. The van der Waals surface area contributed by atoms with Crippen LogP contribution in [0.15, 0.2) is 41.4 Å². The summed E-state index contributed by atoms with van der Waals surface area (Å²) in [5.74, 6) is 1.34. The largest absolute Gasteiger partial charge is 0.356 e. The third-order valence-electron chi connectivity index (χ3n) is 5.66. The summed E-state index contributed by atoms with van der Waals surface area (Å²) >= 11 is 1.76. The minimum absolute atomic E-state index is 0.159. The third-order valence-corrected chi connectivity index (χ3v) is 8.47. The monoisotopic (exact) mass is 448 g/mol. The van der Waals surface area contributed by atoms with Crippen molar-refractivity contribution >= 4 is 27.7 Å². The summed E-state index contributed by atoms with van der Waals surface area (Å²) in [5, 5.41) is 2.89. The molecule has 30 heavy (non-hydrogen) atoms. The predicted molar refractivity (Wildman–Crippen MR) is 119 cm³/mol. The number of nitrogens with zero attached hydrogens (tertiary/aromatic N) is 2. The first kappa shape index (κ1) is 21.4. The maximum absolute atomic E-state index is 12.7. The van der Waals surface area contributed by atoms with Gasteiger partial charge in [-0.2, -0.15) is 16.1 Å². The Morgan fingerprint density at radius 3 is 2.70 bits per heavy atom. The van der Waals surface area contributed by atoms with E-state index in [1.165, 1.54) is 27.7 Å². The fourth-order valence-electron chi connectivity index (χ4n) is 3.94. The van der Waals surface area contributed by atoms with Gasteiger partial charge in [0.05, 0.1) is 0 Å². The second kappa shape index (κ2) is 9.55. The lowest BCUT2D eigenvalue weighted by molar-refractivity contribution is 0.0947. The molecule has 1 aromatic heterocycles. The van der Waals surface area contributed by atoms with E-state index >= 15 is 0 Å². The molecule has 0 aliphatic carbocycles.